The third-order valence-corrected chi connectivity index (χ3v) is 9.44. The molecule has 3 aromatic heterocycles. The van der Waals surface area contributed by atoms with Crippen LogP contribution in [-0.4, -0.2) is 114 Å². The largest absolute Gasteiger partial charge is 0.434 e. The molecule has 0 bridgehead atoms. The Balaban J connectivity index is 1.26. The first-order chi connectivity index (χ1) is 23.0. The smallest absolute Gasteiger partial charge is 0.387 e. The standard InChI is InChI=1S/C32H37F2N9O4S/c1-20(2)48-22-5-6-26(47-32(33)34)23(15-22)29-25(37-31(46)24-16-36-43-10-4-9-35-30(24)43)17-42(38-29)19-28(45)40-11-7-21(8-12-40)41-14-13-39(3)27(44)18-41/h4-6,9-10,15-17,20-21,32H,7-8,11-14,18-19H2,1-3H3,(H,37,46). The molecule has 3 amide bonds. The van der Waals surface area contributed by atoms with Crippen LogP contribution < -0.4 is 10.1 Å². The van der Waals surface area contributed by atoms with E-state index in [0.717, 1.165) is 24.3 Å². The number of piperazine rings is 1. The summed E-state index contributed by atoms with van der Waals surface area (Å²) in [5, 5.41) is 11.9. The van der Waals surface area contributed by atoms with Gasteiger partial charge in [-0.2, -0.15) is 19.0 Å². The van der Waals surface area contributed by atoms with Gasteiger partial charge in [-0.15, -0.1) is 11.8 Å². The van der Waals surface area contributed by atoms with Crippen molar-refractivity contribution in [2.24, 2.45) is 0 Å². The Morgan fingerprint density at radius 2 is 1.94 bits per heavy atom. The number of nitrogens with one attached hydrogen (secondary N) is 1. The summed E-state index contributed by atoms with van der Waals surface area (Å²) in [6, 6.07) is 6.75. The minimum absolute atomic E-state index is 0.102. The average molecular weight is 682 g/mol. The average Bonchev–Trinajstić information content (AvgIpc) is 3.66. The first-order valence-electron chi connectivity index (χ1n) is 15.7. The summed E-state index contributed by atoms with van der Waals surface area (Å²) in [5.41, 5.74) is 1.14. The van der Waals surface area contributed by atoms with Gasteiger partial charge in [-0.25, -0.2) is 9.50 Å². The molecule has 2 saturated heterocycles. The highest BCUT2D eigenvalue weighted by atomic mass is 32.2. The van der Waals surface area contributed by atoms with Crippen molar-refractivity contribution in [1.82, 2.24) is 39.1 Å². The van der Waals surface area contributed by atoms with Gasteiger partial charge in [0, 0.05) is 73.6 Å². The summed E-state index contributed by atoms with van der Waals surface area (Å²) in [6.45, 7) is 3.75. The Hall–Kier alpha value is -4.57. The summed E-state index contributed by atoms with van der Waals surface area (Å²) >= 11 is 1.53. The lowest BCUT2D eigenvalue weighted by Crippen LogP contribution is -2.55. The van der Waals surface area contributed by atoms with Crippen LogP contribution in [-0.2, 0) is 16.1 Å². The van der Waals surface area contributed by atoms with Crippen molar-refractivity contribution in [2.75, 3.05) is 45.1 Å². The molecule has 0 aliphatic carbocycles. The first kappa shape index (κ1) is 33.3. The summed E-state index contributed by atoms with van der Waals surface area (Å²) in [5.74, 6) is -0.725. The predicted molar refractivity (Wildman–Crippen MR) is 175 cm³/mol. The van der Waals surface area contributed by atoms with Gasteiger partial charge in [0.15, 0.2) is 5.65 Å². The van der Waals surface area contributed by atoms with Crippen molar-refractivity contribution in [1.29, 1.82) is 0 Å². The van der Waals surface area contributed by atoms with Crippen molar-refractivity contribution in [2.45, 2.75) is 56.0 Å². The molecule has 4 aromatic rings. The number of fused-ring (bicyclic) bond motifs is 1. The van der Waals surface area contributed by atoms with Crippen molar-refractivity contribution < 1.29 is 27.9 Å². The molecule has 2 aliphatic heterocycles. The van der Waals surface area contributed by atoms with Crippen LogP contribution in [0, 0.1) is 0 Å². The number of likely N-dealkylation sites (N-methyl/N-ethyl adjacent to an activating group) is 1. The van der Waals surface area contributed by atoms with Crippen molar-refractivity contribution in [3.05, 3.63) is 54.6 Å². The number of aromatic nitrogens is 5. The van der Waals surface area contributed by atoms with Gasteiger partial charge in [-0.1, -0.05) is 13.8 Å². The van der Waals surface area contributed by atoms with Crippen LogP contribution in [0.25, 0.3) is 16.9 Å². The summed E-state index contributed by atoms with van der Waals surface area (Å²) in [7, 11) is 1.81. The Morgan fingerprint density at radius 3 is 2.67 bits per heavy atom. The molecule has 0 spiro atoms. The molecule has 0 atom stereocenters. The molecular weight excluding hydrogens is 644 g/mol. The Bertz CT molecular complexity index is 1800. The van der Waals surface area contributed by atoms with E-state index in [9.17, 15) is 23.2 Å². The van der Waals surface area contributed by atoms with Crippen LogP contribution in [0.15, 0.2) is 53.9 Å². The topological polar surface area (TPSA) is 130 Å². The van der Waals surface area contributed by atoms with E-state index >= 15 is 0 Å². The van der Waals surface area contributed by atoms with E-state index in [1.165, 1.54) is 39.4 Å². The third kappa shape index (κ3) is 7.44. The monoisotopic (exact) mass is 681 g/mol. The number of carbonyl (C=O) groups excluding carboxylic acids is 3. The molecule has 2 fully saturated rings. The Morgan fingerprint density at radius 1 is 1.15 bits per heavy atom. The van der Waals surface area contributed by atoms with Crippen LogP contribution in [0.5, 0.6) is 5.75 Å². The number of carbonyl (C=O) groups is 3. The van der Waals surface area contributed by atoms with Crippen LogP contribution >= 0.6 is 11.8 Å². The fourth-order valence-corrected chi connectivity index (χ4v) is 6.89. The quantitative estimate of drug-likeness (QED) is 0.249. The number of hydrogen-bond acceptors (Lipinski definition) is 9. The number of nitrogens with zero attached hydrogens (tertiary/aromatic N) is 8. The molecular formula is C32H37F2N9O4S. The molecule has 1 aromatic carbocycles. The predicted octanol–water partition coefficient (Wildman–Crippen LogP) is 3.71. The fraction of sp³-hybridized carbons (Fsp3) is 0.438. The zero-order valence-corrected chi connectivity index (χ0v) is 27.7. The number of ether oxygens (including phenoxy) is 1. The molecule has 254 valence electrons. The van der Waals surface area contributed by atoms with Crippen LogP contribution in [0.1, 0.15) is 37.0 Å². The number of amides is 3. The molecule has 16 heteroatoms. The maximum absolute atomic E-state index is 13.5. The highest BCUT2D eigenvalue weighted by Gasteiger charge is 2.31. The van der Waals surface area contributed by atoms with E-state index in [0.29, 0.717) is 31.8 Å². The van der Waals surface area contributed by atoms with Gasteiger partial charge >= 0.3 is 6.61 Å². The van der Waals surface area contributed by atoms with Crippen LogP contribution in [0.2, 0.25) is 0 Å². The maximum Gasteiger partial charge on any atom is 0.387 e. The minimum atomic E-state index is -3.09. The van der Waals surface area contributed by atoms with Crippen molar-refractivity contribution >= 4 is 40.8 Å². The van der Waals surface area contributed by atoms with Gasteiger partial charge in [-0.05, 0) is 37.1 Å². The number of rotatable bonds is 10. The minimum Gasteiger partial charge on any atom is -0.434 e. The van der Waals surface area contributed by atoms with Gasteiger partial charge in [0.2, 0.25) is 11.8 Å². The van der Waals surface area contributed by atoms with Gasteiger partial charge in [0.05, 0.1) is 18.4 Å². The van der Waals surface area contributed by atoms with E-state index in [4.69, 9.17) is 4.74 Å². The normalized spacial score (nSPS) is 16.4. The zero-order chi connectivity index (χ0) is 33.9. The number of halogens is 2. The first-order valence-corrected chi connectivity index (χ1v) is 16.6. The van der Waals surface area contributed by atoms with Gasteiger partial charge in [0.1, 0.15) is 23.6 Å². The zero-order valence-electron chi connectivity index (χ0n) is 26.9. The molecule has 0 radical (unpaired) electrons. The Labute approximate surface area is 280 Å². The molecule has 0 unspecified atom stereocenters. The third-order valence-electron chi connectivity index (χ3n) is 8.45. The maximum atomic E-state index is 13.5. The van der Waals surface area contributed by atoms with Gasteiger partial charge < -0.3 is 19.9 Å². The molecule has 1 N–H and O–H groups in total. The second kappa shape index (κ2) is 14.3. The van der Waals surface area contributed by atoms with Crippen LogP contribution in [0.3, 0.4) is 0 Å². The number of piperidine rings is 1. The Kier molecular flexibility index (Phi) is 9.91. The fourth-order valence-electron chi connectivity index (χ4n) is 6.02. The van der Waals surface area contributed by atoms with Crippen molar-refractivity contribution in [3.63, 3.8) is 0 Å². The molecule has 48 heavy (non-hydrogen) atoms. The number of hydrogen-bond donors (Lipinski definition) is 1. The van der Waals surface area contributed by atoms with E-state index in [-0.39, 0.29) is 57.9 Å². The van der Waals surface area contributed by atoms with E-state index in [1.807, 2.05) is 20.9 Å². The van der Waals surface area contributed by atoms with E-state index in [2.05, 4.69) is 25.4 Å². The summed E-state index contributed by atoms with van der Waals surface area (Å²) < 4.78 is 34.8. The second-order valence-corrected chi connectivity index (χ2v) is 13.7. The molecule has 0 saturated carbocycles. The lowest BCUT2D eigenvalue weighted by atomic mass is 10.0. The number of alkyl halides is 2. The highest BCUT2D eigenvalue weighted by molar-refractivity contribution is 7.99. The van der Waals surface area contributed by atoms with Crippen molar-refractivity contribution in [3.8, 4) is 17.0 Å². The van der Waals surface area contributed by atoms with Gasteiger partial charge in [0.25, 0.3) is 5.91 Å². The SMILES string of the molecule is CC(C)Sc1ccc(OC(F)F)c(-c2nn(CC(=O)N3CCC(N4CCN(C)C(=O)C4)CC3)cc2NC(=O)c2cnn3cccnc23)c1. The molecule has 5 heterocycles. The number of benzene rings is 1. The second-order valence-electron chi connectivity index (χ2n) is 12.1. The number of anilines is 1. The summed E-state index contributed by atoms with van der Waals surface area (Å²) in [6.07, 6.45) is 7.60. The number of thioether (sulfide) groups is 1. The lowest BCUT2D eigenvalue weighted by molar-refractivity contribution is -0.138. The lowest BCUT2D eigenvalue weighted by Gasteiger charge is -2.41. The summed E-state index contributed by atoms with van der Waals surface area (Å²) in [4.78, 5) is 50.0. The van der Waals surface area contributed by atoms with Gasteiger partial charge in [-0.3, -0.25) is 24.0 Å². The molecule has 13 nitrogen and oxygen atoms in total. The van der Waals surface area contributed by atoms with E-state index in [1.54, 1.807) is 40.4 Å². The number of likely N-dealkylation sites (tertiary alicyclic amines) is 1. The molecule has 6 rings (SSSR count). The highest BCUT2D eigenvalue weighted by Crippen LogP contribution is 2.39. The van der Waals surface area contributed by atoms with Crippen LogP contribution in [0.4, 0.5) is 14.5 Å². The molecule has 2 aliphatic rings. The van der Waals surface area contributed by atoms with E-state index < -0.39 is 12.5 Å².